The van der Waals surface area contributed by atoms with Gasteiger partial charge in [-0.1, -0.05) is 6.92 Å². The number of carbonyl (C=O) groups is 1. The smallest absolute Gasteiger partial charge is 0.410 e. The molecule has 1 aliphatic heterocycles. The third-order valence-electron chi connectivity index (χ3n) is 4.19. The molecule has 0 spiro atoms. The van der Waals surface area contributed by atoms with Gasteiger partial charge in [0.15, 0.2) is 5.96 Å². The second kappa shape index (κ2) is 12.6. The fraction of sp³-hybridized carbons (Fsp3) is 0.889. The molecule has 2 N–H and O–H groups in total. The molecule has 0 radical (unpaired) electrons. The van der Waals surface area contributed by atoms with Crippen molar-refractivity contribution in [2.75, 3.05) is 46.3 Å². The summed E-state index contributed by atoms with van der Waals surface area (Å²) in [5.41, 5.74) is -0.429. The van der Waals surface area contributed by atoms with Crippen LogP contribution in [0.5, 0.6) is 0 Å². The van der Waals surface area contributed by atoms with E-state index in [0.717, 1.165) is 58.1 Å². The molecule has 0 saturated carbocycles. The number of piperazine rings is 1. The van der Waals surface area contributed by atoms with Crippen molar-refractivity contribution in [2.45, 2.75) is 59.1 Å². The first-order chi connectivity index (χ1) is 11.7. The SMILES string of the molecule is CCC(C)NC(=NC)NCCCN1CCN(C(=O)OC(C)(C)C)CC1.I. The van der Waals surface area contributed by atoms with Crippen LogP contribution in [-0.2, 0) is 4.74 Å². The van der Waals surface area contributed by atoms with Gasteiger partial charge in [0.2, 0.25) is 0 Å². The van der Waals surface area contributed by atoms with E-state index in [0.29, 0.717) is 6.04 Å². The number of rotatable bonds is 6. The summed E-state index contributed by atoms with van der Waals surface area (Å²) in [6.45, 7) is 15.2. The van der Waals surface area contributed by atoms with E-state index in [1.807, 2.05) is 20.8 Å². The normalized spacial score (nSPS) is 17.3. The molecule has 0 bridgehead atoms. The van der Waals surface area contributed by atoms with E-state index in [4.69, 9.17) is 4.74 Å². The van der Waals surface area contributed by atoms with Crippen LogP contribution in [0.25, 0.3) is 0 Å². The molecule has 7 nitrogen and oxygen atoms in total. The number of hydrogen-bond donors (Lipinski definition) is 2. The summed E-state index contributed by atoms with van der Waals surface area (Å²) >= 11 is 0. The molecular weight excluding hydrogens is 445 g/mol. The van der Waals surface area contributed by atoms with Crippen molar-refractivity contribution in [1.82, 2.24) is 20.4 Å². The fourth-order valence-corrected chi connectivity index (χ4v) is 2.52. The molecule has 0 aromatic heterocycles. The summed E-state index contributed by atoms with van der Waals surface area (Å²) in [5.74, 6) is 0.865. The Morgan fingerprint density at radius 2 is 1.85 bits per heavy atom. The lowest BCUT2D eigenvalue weighted by Crippen LogP contribution is -2.50. The minimum atomic E-state index is -0.429. The summed E-state index contributed by atoms with van der Waals surface area (Å²) in [4.78, 5) is 20.5. The maximum Gasteiger partial charge on any atom is 0.410 e. The van der Waals surface area contributed by atoms with E-state index in [1.54, 1.807) is 11.9 Å². The number of amides is 1. The zero-order chi connectivity index (χ0) is 18.9. The molecule has 26 heavy (non-hydrogen) atoms. The number of carbonyl (C=O) groups excluding carboxylic acids is 1. The monoisotopic (exact) mass is 483 g/mol. The molecule has 1 aliphatic rings. The van der Waals surface area contributed by atoms with Gasteiger partial charge in [-0.25, -0.2) is 4.79 Å². The second-order valence-electron chi connectivity index (χ2n) is 7.62. The predicted octanol–water partition coefficient (Wildman–Crippen LogP) is 2.51. The molecule has 1 amide bonds. The van der Waals surface area contributed by atoms with Crippen molar-refractivity contribution in [1.29, 1.82) is 0 Å². The predicted molar refractivity (Wildman–Crippen MR) is 119 cm³/mol. The summed E-state index contributed by atoms with van der Waals surface area (Å²) in [6.07, 6.45) is 1.92. The Kier molecular flexibility index (Phi) is 12.2. The van der Waals surface area contributed by atoms with Crippen LogP contribution >= 0.6 is 24.0 Å². The van der Waals surface area contributed by atoms with Gasteiger partial charge in [-0.2, -0.15) is 0 Å². The standard InChI is InChI=1S/C18H37N5O2.HI/c1-7-15(2)21-16(19-6)20-9-8-10-22-11-13-23(14-12-22)17(24)25-18(3,4)5;/h15H,7-14H2,1-6H3,(H2,19,20,21);1H. The Hall–Kier alpha value is -0.770. The van der Waals surface area contributed by atoms with E-state index in [-0.39, 0.29) is 30.1 Å². The highest BCUT2D eigenvalue weighted by molar-refractivity contribution is 14.0. The molecule has 0 aromatic carbocycles. The maximum absolute atomic E-state index is 12.1. The minimum absolute atomic E-state index is 0. The summed E-state index contributed by atoms with van der Waals surface area (Å²) < 4.78 is 5.43. The molecule has 1 atom stereocenters. The van der Waals surface area contributed by atoms with Crippen LogP contribution in [0.15, 0.2) is 4.99 Å². The first kappa shape index (κ1) is 25.2. The highest BCUT2D eigenvalue weighted by atomic mass is 127. The number of hydrogen-bond acceptors (Lipinski definition) is 4. The van der Waals surface area contributed by atoms with Crippen molar-refractivity contribution < 1.29 is 9.53 Å². The van der Waals surface area contributed by atoms with Gasteiger partial charge in [-0.3, -0.25) is 9.89 Å². The molecule has 154 valence electrons. The largest absolute Gasteiger partial charge is 0.444 e. The van der Waals surface area contributed by atoms with E-state index in [2.05, 4.69) is 34.4 Å². The van der Waals surface area contributed by atoms with Gasteiger partial charge in [0.25, 0.3) is 0 Å². The van der Waals surface area contributed by atoms with Gasteiger partial charge in [-0.05, 0) is 47.1 Å². The molecule has 1 unspecified atom stereocenters. The van der Waals surface area contributed by atoms with E-state index < -0.39 is 5.60 Å². The van der Waals surface area contributed by atoms with Crippen LogP contribution in [0.3, 0.4) is 0 Å². The summed E-state index contributed by atoms with van der Waals surface area (Å²) in [5, 5.41) is 6.71. The van der Waals surface area contributed by atoms with Crippen molar-refractivity contribution in [3.63, 3.8) is 0 Å². The molecule has 0 aliphatic carbocycles. The second-order valence-corrected chi connectivity index (χ2v) is 7.62. The number of nitrogens with zero attached hydrogens (tertiary/aromatic N) is 3. The Balaban J connectivity index is 0.00000625. The van der Waals surface area contributed by atoms with Crippen molar-refractivity contribution >= 4 is 36.0 Å². The summed E-state index contributed by atoms with van der Waals surface area (Å²) in [7, 11) is 1.80. The van der Waals surface area contributed by atoms with Crippen LogP contribution in [0, 0.1) is 0 Å². The maximum atomic E-state index is 12.1. The first-order valence-corrected chi connectivity index (χ1v) is 9.42. The average molecular weight is 483 g/mol. The molecule has 8 heteroatoms. The van der Waals surface area contributed by atoms with Gasteiger partial charge >= 0.3 is 6.09 Å². The Bertz CT molecular complexity index is 432. The number of nitrogens with one attached hydrogen (secondary N) is 2. The quantitative estimate of drug-likeness (QED) is 0.263. The Morgan fingerprint density at radius 1 is 1.23 bits per heavy atom. The van der Waals surface area contributed by atoms with Crippen molar-refractivity contribution in [3.05, 3.63) is 0 Å². The molecule has 1 fully saturated rings. The van der Waals surface area contributed by atoms with Crippen molar-refractivity contribution in [2.24, 2.45) is 4.99 Å². The zero-order valence-corrected chi connectivity index (χ0v) is 19.6. The van der Waals surface area contributed by atoms with Gasteiger partial charge in [0, 0.05) is 45.8 Å². The molecule has 1 saturated heterocycles. The first-order valence-electron chi connectivity index (χ1n) is 9.42. The molecule has 1 heterocycles. The third kappa shape index (κ3) is 10.4. The average Bonchev–Trinajstić information content (AvgIpc) is 2.56. The lowest BCUT2D eigenvalue weighted by atomic mass is 10.2. The number of aliphatic imine (C=N–C) groups is 1. The highest BCUT2D eigenvalue weighted by Gasteiger charge is 2.25. The van der Waals surface area contributed by atoms with Gasteiger partial charge in [0.05, 0.1) is 0 Å². The van der Waals surface area contributed by atoms with Gasteiger partial charge < -0.3 is 20.3 Å². The van der Waals surface area contributed by atoms with Crippen LogP contribution < -0.4 is 10.6 Å². The van der Waals surface area contributed by atoms with Gasteiger partial charge in [-0.15, -0.1) is 24.0 Å². The summed E-state index contributed by atoms with van der Waals surface area (Å²) in [6, 6.07) is 0.423. The Morgan fingerprint density at radius 3 is 2.35 bits per heavy atom. The molecular formula is C18H38IN5O2. The lowest BCUT2D eigenvalue weighted by Gasteiger charge is -2.35. The van der Waals surface area contributed by atoms with Crippen LogP contribution in [0.4, 0.5) is 4.79 Å². The third-order valence-corrected chi connectivity index (χ3v) is 4.19. The van der Waals surface area contributed by atoms with Crippen molar-refractivity contribution in [3.8, 4) is 0 Å². The van der Waals surface area contributed by atoms with E-state index in [9.17, 15) is 4.79 Å². The number of halogens is 1. The van der Waals surface area contributed by atoms with Crippen LogP contribution in [-0.4, -0.2) is 79.8 Å². The zero-order valence-electron chi connectivity index (χ0n) is 17.3. The fourth-order valence-electron chi connectivity index (χ4n) is 2.52. The Labute approximate surface area is 176 Å². The number of ether oxygens (including phenoxy) is 1. The van der Waals surface area contributed by atoms with E-state index in [1.165, 1.54) is 0 Å². The minimum Gasteiger partial charge on any atom is -0.444 e. The van der Waals surface area contributed by atoms with E-state index >= 15 is 0 Å². The van der Waals surface area contributed by atoms with Gasteiger partial charge in [0.1, 0.15) is 5.60 Å². The topological polar surface area (TPSA) is 69.2 Å². The molecule has 0 aromatic rings. The highest BCUT2D eigenvalue weighted by Crippen LogP contribution is 2.11. The molecule has 1 rings (SSSR count). The van der Waals surface area contributed by atoms with Crippen LogP contribution in [0.2, 0.25) is 0 Å². The van der Waals surface area contributed by atoms with Crippen LogP contribution in [0.1, 0.15) is 47.5 Å². The number of guanidine groups is 1. The lowest BCUT2D eigenvalue weighted by molar-refractivity contribution is 0.0145.